The third-order valence-corrected chi connectivity index (χ3v) is 8.68. The molecule has 3 heteroatoms. The fourth-order valence-electron chi connectivity index (χ4n) is 6.52. The van der Waals surface area contributed by atoms with Gasteiger partial charge in [-0.15, -0.1) is 0 Å². The lowest BCUT2D eigenvalue weighted by Gasteiger charge is -2.26. The number of anilines is 3. The summed E-state index contributed by atoms with van der Waals surface area (Å²) in [5.74, 6) is 0. The zero-order valence-corrected chi connectivity index (χ0v) is 26.4. The first-order chi connectivity index (χ1) is 23.3. The molecule has 0 fully saturated rings. The average Bonchev–Trinajstić information content (AvgIpc) is 3.72. The van der Waals surface area contributed by atoms with Crippen LogP contribution >= 0.6 is 0 Å². The first-order valence-electron chi connectivity index (χ1n) is 16.2. The predicted molar refractivity (Wildman–Crippen MR) is 198 cm³/mol. The molecular formula is C44H33NO2. The molecule has 2 heterocycles. The van der Waals surface area contributed by atoms with Crippen LogP contribution in [-0.2, 0) is 0 Å². The number of para-hydroxylation sites is 1. The molecule has 0 aliphatic carbocycles. The number of rotatable bonds is 5. The van der Waals surface area contributed by atoms with Gasteiger partial charge in [-0.25, -0.2) is 0 Å². The third-order valence-electron chi connectivity index (χ3n) is 8.68. The molecular weight excluding hydrogens is 574 g/mol. The van der Waals surface area contributed by atoms with Crippen molar-refractivity contribution in [1.29, 1.82) is 0 Å². The van der Waals surface area contributed by atoms with Crippen molar-refractivity contribution in [2.24, 2.45) is 0 Å². The van der Waals surface area contributed by atoms with Crippen LogP contribution in [0.4, 0.5) is 17.1 Å². The van der Waals surface area contributed by atoms with Crippen molar-refractivity contribution in [3.8, 4) is 22.3 Å². The Kier molecular flexibility index (Phi) is 7.28. The topological polar surface area (TPSA) is 29.5 Å². The van der Waals surface area contributed by atoms with Gasteiger partial charge in [0.15, 0.2) is 0 Å². The number of benzene rings is 7. The minimum absolute atomic E-state index is 0.840. The molecule has 0 amide bonds. The lowest BCUT2D eigenvalue weighted by molar-refractivity contribution is 0.663. The van der Waals surface area contributed by atoms with Gasteiger partial charge in [-0.05, 0) is 76.9 Å². The van der Waals surface area contributed by atoms with E-state index in [2.05, 4.69) is 132 Å². The van der Waals surface area contributed by atoms with Gasteiger partial charge in [0.2, 0.25) is 0 Å². The zero-order valence-electron chi connectivity index (χ0n) is 26.4. The Morgan fingerprint density at radius 1 is 0.340 bits per heavy atom. The van der Waals surface area contributed by atoms with Gasteiger partial charge < -0.3 is 13.7 Å². The quantitative estimate of drug-likeness (QED) is 0.195. The minimum atomic E-state index is 0.840. The summed E-state index contributed by atoms with van der Waals surface area (Å²) in [5, 5.41) is 4.36. The van der Waals surface area contributed by atoms with Gasteiger partial charge >= 0.3 is 0 Å². The van der Waals surface area contributed by atoms with Crippen LogP contribution in [0.15, 0.2) is 173 Å². The second kappa shape index (κ2) is 12.0. The smallest absolute Gasteiger partial charge is 0.137 e. The number of nitrogens with zero attached hydrogens (tertiary/aromatic N) is 1. The molecule has 0 atom stereocenters. The molecule has 226 valence electrons. The standard InChI is InChI=1S/C42H27NO2.C2H6/c1-3-9-28(10-4-1)30-15-19-32(20-16-30)43(33-21-17-31(18-22-33)29-11-5-2-6-12-29)34-23-24-36-40(27-34)45-39-26-25-38-41(42(36)39)35-13-7-8-14-37(35)44-38;1-2/h1-27H;1-2H3. The Hall–Kier alpha value is -6.06. The highest BCUT2D eigenvalue weighted by atomic mass is 16.3. The Labute approximate surface area is 273 Å². The number of hydrogen-bond donors (Lipinski definition) is 0. The van der Waals surface area contributed by atoms with Gasteiger partial charge in [0.25, 0.3) is 0 Å². The Morgan fingerprint density at radius 2 is 0.766 bits per heavy atom. The molecule has 9 aromatic rings. The van der Waals surface area contributed by atoms with Gasteiger partial charge in [0, 0.05) is 44.7 Å². The predicted octanol–water partition coefficient (Wildman–Crippen LogP) is 13.3. The summed E-state index contributed by atoms with van der Waals surface area (Å²) in [6.07, 6.45) is 0. The summed E-state index contributed by atoms with van der Waals surface area (Å²) in [4.78, 5) is 2.29. The summed E-state index contributed by atoms with van der Waals surface area (Å²) in [6, 6.07) is 57.3. The van der Waals surface area contributed by atoms with Crippen molar-refractivity contribution >= 4 is 60.9 Å². The third kappa shape index (κ3) is 5.03. The van der Waals surface area contributed by atoms with E-state index < -0.39 is 0 Å². The number of furan rings is 2. The molecule has 0 bridgehead atoms. The molecule has 0 aliphatic rings. The van der Waals surface area contributed by atoms with E-state index in [-0.39, 0.29) is 0 Å². The second-order valence-electron chi connectivity index (χ2n) is 11.4. The molecule has 0 N–H and O–H groups in total. The van der Waals surface area contributed by atoms with E-state index in [0.29, 0.717) is 0 Å². The van der Waals surface area contributed by atoms with Crippen molar-refractivity contribution in [3.05, 3.63) is 164 Å². The molecule has 3 nitrogen and oxygen atoms in total. The maximum Gasteiger partial charge on any atom is 0.137 e. The van der Waals surface area contributed by atoms with Crippen molar-refractivity contribution in [2.75, 3.05) is 4.90 Å². The van der Waals surface area contributed by atoms with Crippen LogP contribution in [-0.4, -0.2) is 0 Å². The van der Waals surface area contributed by atoms with Crippen molar-refractivity contribution in [2.45, 2.75) is 13.8 Å². The number of hydrogen-bond acceptors (Lipinski definition) is 3. The molecule has 9 rings (SSSR count). The van der Waals surface area contributed by atoms with Crippen molar-refractivity contribution in [3.63, 3.8) is 0 Å². The van der Waals surface area contributed by atoms with Gasteiger partial charge in [-0.1, -0.05) is 117 Å². The van der Waals surface area contributed by atoms with E-state index in [1.807, 2.05) is 50.2 Å². The first-order valence-corrected chi connectivity index (χ1v) is 16.2. The van der Waals surface area contributed by atoms with E-state index in [1.54, 1.807) is 0 Å². The minimum Gasteiger partial charge on any atom is -0.456 e. The summed E-state index contributed by atoms with van der Waals surface area (Å²) < 4.78 is 12.7. The van der Waals surface area contributed by atoms with E-state index >= 15 is 0 Å². The van der Waals surface area contributed by atoms with Gasteiger partial charge in [0.1, 0.15) is 22.3 Å². The Balaban J connectivity index is 0.00000159. The van der Waals surface area contributed by atoms with Crippen molar-refractivity contribution in [1.82, 2.24) is 0 Å². The SMILES string of the molecule is CC.c1ccc(-c2ccc(N(c3ccc(-c4ccccc4)cc3)c3ccc4c(c3)oc3ccc5oc6ccccc6c5c34)cc2)cc1. The van der Waals surface area contributed by atoms with E-state index in [0.717, 1.165) is 60.9 Å². The summed E-state index contributed by atoms with van der Waals surface area (Å²) in [7, 11) is 0. The summed E-state index contributed by atoms with van der Waals surface area (Å²) >= 11 is 0. The first kappa shape index (κ1) is 28.4. The van der Waals surface area contributed by atoms with Gasteiger partial charge in [0.05, 0.1) is 0 Å². The molecule has 47 heavy (non-hydrogen) atoms. The highest BCUT2D eigenvalue weighted by Gasteiger charge is 2.19. The lowest BCUT2D eigenvalue weighted by atomic mass is 10.0. The largest absolute Gasteiger partial charge is 0.456 e. The maximum absolute atomic E-state index is 6.53. The van der Waals surface area contributed by atoms with Crippen LogP contribution in [0.2, 0.25) is 0 Å². The fraction of sp³-hybridized carbons (Fsp3) is 0.0455. The van der Waals surface area contributed by atoms with Crippen LogP contribution in [0.3, 0.4) is 0 Å². The monoisotopic (exact) mass is 607 g/mol. The summed E-state index contributed by atoms with van der Waals surface area (Å²) in [6.45, 7) is 4.00. The maximum atomic E-state index is 6.53. The molecule has 0 spiro atoms. The van der Waals surface area contributed by atoms with Crippen LogP contribution in [0.25, 0.3) is 66.1 Å². The second-order valence-corrected chi connectivity index (χ2v) is 11.4. The zero-order chi connectivity index (χ0) is 31.7. The highest BCUT2D eigenvalue weighted by molar-refractivity contribution is 6.25. The van der Waals surface area contributed by atoms with Crippen LogP contribution in [0, 0.1) is 0 Å². The van der Waals surface area contributed by atoms with Gasteiger partial charge in [-0.3, -0.25) is 0 Å². The lowest BCUT2D eigenvalue weighted by Crippen LogP contribution is -2.09. The molecule has 0 radical (unpaired) electrons. The normalized spacial score (nSPS) is 11.2. The Bertz CT molecular complexity index is 2370. The van der Waals surface area contributed by atoms with E-state index in [1.165, 1.54) is 22.3 Å². The number of fused-ring (bicyclic) bond motifs is 7. The highest BCUT2D eigenvalue weighted by Crippen LogP contribution is 2.43. The molecule has 0 unspecified atom stereocenters. The molecule has 2 aromatic heterocycles. The van der Waals surface area contributed by atoms with Crippen LogP contribution in [0.5, 0.6) is 0 Å². The molecule has 7 aromatic carbocycles. The van der Waals surface area contributed by atoms with E-state index in [9.17, 15) is 0 Å². The Morgan fingerprint density at radius 3 is 1.32 bits per heavy atom. The average molecular weight is 608 g/mol. The van der Waals surface area contributed by atoms with Crippen LogP contribution < -0.4 is 4.90 Å². The fourth-order valence-corrected chi connectivity index (χ4v) is 6.52. The van der Waals surface area contributed by atoms with E-state index in [4.69, 9.17) is 8.83 Å². The van der Waals surface area contributed by atoms with Crippen LogP contribution in [0.1, 0.15) is 13.8 Å². The molecule has 0 saturated heterocycles. The van der Waals surface area contributed by atoms with Crippen molar-refractivity contribution < 1.29 is 8.83 Å². The molecule has 0 saturated carbocycles. The summed E-state index contributed by atoms with van der Waals surface area (Å²) in [5.41, 5.74) is 11.4. The van der Waals surface area contributed by atoms with Gasteiger partial charge in [-0.2, -0.15) is 0 Å². The molecule has 0 aliphatic heterocycles.